The van der Waals surface area contributed by atoms with Crippen molar-refractivity contribution in [2.24, 2.45) is 0 Å². The number of aryl methyl sites for hydroxylation is 1. The molecule has 1 N–H and O–H groups in total. The quantitative estimate of drug-likeness (QED) is 0.446. The van der Waals surface area contributed by atoms with E-state index in [9.17, 15) is 0 Å². The minimum atomic E-state index is 0.505. The Hall–Kier alpha value is -2.40. The predicted molar refractivity (Wildman–Crippen MR) is 112 cm³/mol. The highest BCUT2D eigenvalue weighted by Crippen LogP contribution is 2.43. The predicted octanol–water partition coefficient (Wildman–Crippen LogP) is 6.41. The van der Waals surface area contributed by atoms with Crippen LogP contribution in [0.2, 0.25) is 0 Å². The van der Waals surface area contributed by atoms with Crippen LogP contribution >= 0.6 is 11.3 Å². The van der Waals surface area contributed by atoms with Crippen molar-refractivity contribution in [2.45, 2.75) is 51.5 Å². The third-order valence-corrected chi connectivity index (χ3v) is 6.74. The summed E-state index contributed by atoms with van der Waals surface area (Å²) < 4.78 is 6.23. The second-order valence-electron chi connectivity index (χ2n) is 7.28. The molecule has 0 radical (unpaired) electrons. The van der Waals surface area contributed by atoms with Gasteiger partial charge in [-0.15, -0.1) is 11.3 Å². The monoisotopic (exact) mass is 377 g/mol. The Morgan fingerprint density at radius 1 is 1.15 bits per heavy atom. The zero-order valence-electron chi connectivity index (χ0n) is 15.5. The van der Waals surface area contributed by atoms with E-state index >= 15 is 0 Å². The first-order chi connectivity index (χ1) is 13.3. The molecule has 5 heteroatoms. The Morgan fingerprint density at radius 2 is 2.00 bits per heavy atom. The summed E-state index contributed by atoms with van der Waals surface area (Å²) in [5, 5.41) is 5.97. The van der Waals surface area contributed by atoms with Gasteiger partial charge in [0.1, 0.15) is 28.3 Å². The Morgan fingerprint density at radius 3 is 2.81 bits per heavy atom. The molecule has 1 aromatic carbocycles. The Kier molecular flexibility index (Phi) is 4.32. The molecule has 27 heavy (non-hydrogen) atoms. The summed E-state index contributed by atoms with van der Waals surface area (Å²) in [5.41, 5.74) is 2.08. The first-order valence-corrected chi connectivity index (χ1v) is 10.7. The number of benzene rings is 1. The van der Waals surface area contributed by atoms with E-state index in [1.165, 1.54) is 37.0 Å². The first-order valence-electron chi connectivity index (χ1n) is 9.85. The summed E-state index contributed by atoms with van der Waals surface area (Å²) in [7, 11) is 0. The maximum Gasteiger partial charge on any atom is 0.139 e. The lowest BCUT2D eigenvalue weighted by atomic mass is 9.95. The van der Waals surface area contributed by atoms with Gasteiger partial charge < -0.3 is 9.73 Å². The fourth-order valence-electron chi connectivity index (χ4n) is 4.14. The highest BCUT2D eigenvalue weighted by molar-refractivity contribution is 7.19. The molecular formula is C22H23N3OS. The van der Waals surface area contributed by atoms with Crippen LogP contribution in [-0.4, -0.2) is 16.0 Å². The smallest absolute Gasteiger partial charge is 0.139 e. The van der Waals surface area contributed by atoms with Gasteiger partial charge in [-0.25, -0.2) is 9.97 Å². The number of nitrogens with zero attached hydrogens (tertiary/aromatic N) is 2. The van der Waals surface area contributed by atoms with Crippen molar-refractivity contribution in [1.82, 2.24) is 9.97 Å². The number of hydrogen-bond acceptors (Lipinski definition) is 5. The molecule has 0 bridgehead atoms. The largest absolute Gasteiger partial charge is 0.456 e. The van der Waals surface area contributed by atoms with Crippen molar-refractivity contribution in [3.8, 4) is 11.3 Å². The molecule has 1 saturated carbocycles. The second kappa shape index (κ2) is 6.97. The number of hydrogen-bond donors (Lipinski definition) is 1. The summed E-state index contributed by atoms with van der Waals surface area (Å²) in [6.45, 7) is 2.19. The molecule has 0 saturated heterocycles. The summed E-state index contributed by atoms with van der Waals surface area (Å²) >= 11 is 1.75. The Labute approximate surface area is 162 Å². The van der Waals surface area contributed by atoms with Crippen LogP contribution in [0.15, 0.2) is 41.1 Å². The number of aromatic nitrogens is 2. The van der Waals surface area contributed by atoms with E-state index in [0.717, 1.165) is 44.7 Å². The van der Waals surface area contributed by atoms with Crippen LogP contribution < -0.4 is 5.32 Å². The fraction of sp³-hybridized carbons (Fsp3) is 0.364. The van der Waals surface area contributed by atoms with E-state index in [1.807, 2.05) is 18.2 Å². The van der Waals surface area contributed by atoms with Crippen molar-refractivity contribution in [3.05, 3.63) is 41.5 Å². The molecule has 5 rings (SSSR count). The maximum absolute atomic E-state index is 6.23. The lowest BCUT2D eigenvalue weighted by molar-refractivity contribution is 0.462. The van der Waals surface area contributed by atoms with Gasteiger partial charge in [-0.1, -0.05) is 44.4 Å². The van der Waals surface area contributed by atoms with Gasteiger partial charge in [-0.3, -0.25) is 0 Å². The van der Waals surface area contributed by atoms with E-state index in [1.54, 1.807) is 17.7 Å². The van der Waals surface area contributed by atoms with Gasteiger partial charge in [-0.2, -0.15) is 0 Å². The molecule has 3 aromatic heterocycles. The van der Waals surface area contributed by atoms with Crippen molar-refractivity contribution in [3.63, 3.8) is 0 Å². The molecule has 1 aliphatic carbocycles. The minimum absolute atomic E-state index is 0.505. The van der Waals surface area contributed by atoms with Crippen LogP contribution in [0, 0.1) is 0 Å². The van der Waals surface area contributed by atoms with E-state index in [2.05, 4.69) is 34.3 Å². The molecular weight excluding hydrogens is 354 g/mol. The third-order valence-electron chi connectivity index (χ3n) is 5.50. The molecule has 3 heterocycles. The first kappa shape index (κ1) is 16.8. The molecule has 138 valence electrons. The number of anilines is 1. The average molecular weight is 378 g/mol. The van der Waals surface area contributed by atoms with E-state index < -0.39 is 0 Å². The van der Waals surface area contributed by atoms with Crippen LogP contribution in [-0.2, 0) is 6.42 Å². The van der Waals surface area contributed by atoms with Crippen LogP contribution in [0.3, 0.4) is 0 Å². The standard InChI is InChI=1S/C22H23N3OS/c1-2-18-19(17-12-14-8-6-7-11-16(14)26-17)20-21(23-13-24-22(20)27-18)25-15-9-4-3-5-10-15/h6-8,11-13,15H,2-5,9-10H2,1H3,(H,23,24,25). The molecule has 0 atom stereocenters. The molecule has 1 aliphatic rings. The van der Waals surface area contributed by atoms with Crippen LogP contribution in [0.5, 0.6) is 0 Å². The maximum atomic E-state index is 6.23. The third kappa shape index (κ3) is 3.00. The van der Waals surface area contributed by atoms with Crippen LogP contribution in [0.4, 0.5) is 5.82 Å². The number of fused-ring (bicyclic) bond motifs is 2. The number of thiophene rings is 1. The summed E-state index contributed by atoms with van der Waals surface area (Å²) in [6, 6.07) is 10.8. The summed E-state index contributed by atoms with van der Waals surface area (Å²) in [5.74, 6) is 1.87. The van der Waals surface area contributed by atoms with Gasteiger partial charge in [0.25, 0.3) is 0 Å². The SMILES string of the molecule is CCc1sc2ncnc(NC3CCCCC3)c2c1-c1cc2ccccc2o1. The Bertz CT molecular complexity index is 1060. The zero-order chi connectivity index (χ0) is 18.2. The molecule has 4 aromatic rings. The zero-order valence-corrected chi connectivity index (χ0v) is 16.3. The van der Waals surface area contributed by atoms with Gasteiger partial charge in [0.2, 0.25) is 0 Å². The molecule has 4 nitrogen and oxygen atoms in total. The van der Waals surface area contributed by atoms with Crippen molar-refractivity contribution in [1.29, 1.82) is 0 Å². The van der Waals surface area contributed by atoms with Gasteiger partial charge in [0.15, 0.2) is 0 Å². The second-order valence-corrected chi connectivity index (χ2v) is 8.37. The van der Waals surface area contributed by atoms with E-state index in [-0.39, 0.29) is 0 Å². The number of nitrogens with one attached hydrogen (secondary N) is 1. The highest BCUT2D eigenvalue weighted by atomic mass is 32.1. The molecule has 0 amide bonds. The minimum Gasteiger partial charge on any atom is -0.456 e. The van der Waals surface area contributed by atoms with Gasteiger partial charge >= 0.3 is 0 Å². The van der Waals surface area contributed by atoms with Gasteiger partial charge in [0.05, 0.1) is 5.39 Å². The van der Waals surface area contributed by atoms with Crippen LogP contribution in [0.25, 0.3) is 32.5 Å². The topological polar surface area (TPSA) is 51.0 Å². The lowest BCUT2D eigenvalue weighted by Crippen LogP contribution is -2.23. The number of para-hydroxylation sites is 1. The van der Waals surface area contributed by atoms with E-state index in [4.69, 9.17) is 4.42 Å². The van der Waals surface area contributed by atoms with Crippen molar-refractivity contribution in [2.75, 3.05) is 5.32 Å². The van der Waals surface area contributed by atoms with Gasteiger partial charge in [0, 0.05) is 21.9 Å². The Balaban J connectivity index is 1.67. The highest BCUT2D eigenvalue weighted by Gasteiger charge is 2.22. The molecule has 0 spiro atoms. The summed E-state index contributed by atoms with van der Waals surface area (Å²) in [6.07, 6.45) is 9.02. The van der Waals surface area contributed by atoms with Crippen molar-refractivity contribution >= 4 is 38.3 Å². The van der Waals surface area contributed by atoms with Crippen LogP contribution in [0.1, 0.15) is 43.9 Å². The average Bonchev–Trinajstić information content (AvgIpc) is 3.30. The number of rotatable bonds is 4. The number of furan rings is 1. The van der Waals surface area contributed by atoms with Gasteiger partial charge in [-0.05, 0) is 31.4 Å². The summed E-state index contributed by atoms with van der Waals surface area (Å²) in [4.78, 5) is 11.5. The fourth-order valence-corrected chi connectivity index (χ4v) is 5.23. The molecule has 0 aliphatic heterocycles. The molecule has 1 fully saturated rings. The molecule has 0 unspecified atom stereocenters. The lowest BCUT2D eigenvalue weighted by Gasteiger charge is -2.23. The van der Waals surface area contributed by atoms with Crippen molar-refractivity contribution < 1.29 is 4.42 Å². The normalized spacial score (nSPS) is 15.6. The van der Waals surface area contributed by atoms with E-state index in [0.29, 0.717) is 6.04 Å².